The third kappa shape index (κ3) is 7.07. The minimum atomic E-state index is -0.645. The maximum atomic E-state index is 8.34. The second-order valence-corrected chi connectivity index (χ2v) is 1.38. The molecule has 2 N–H and O–H groups in total. The smallest absolute Gasteiger partial charge is 0.0858 e. The van der Waals surface area contributed by atoms with Gasteiger partial charge in [-0.2, -0.15) is 12.6 Å². The van der Waals surface area contributed by atoms with Gasteiger partial charge in [-0.05, 0) is 0 Å². The van der Waals surface area contributed by atoms with Gasteiger partial charge < -0.3 is 10.2 Å². The number of hydrogen-bond donors (Lipinski definition) is 3. The topological polar surface area (TPSA) is 40.5 Å². The van der Waals surface area contributed by atoms with Gasteiger partial charge in [0.05, 0.1) is 12.7 Å². The Morgan fingerprint density at radius 1 is 1.57 bits per heavy atom. The normalized spacial score (nSPS) is 12.4. The average Bonchev–Trinajstić information content (AvgIpc) is 1.65. The van der Waals surface area contributed by atoms with Crippen LogP contribution in [-0.4, -0.2) is 52.6 Å². The Kier molecular flexibility index (Phi) is 11.1. The molecule has 0 bridgehead atoms. The molecule has 1 atom stereocenters. The summed E-state index contributed by atoms with van der Waals surface area (Å²) in [5.41, 5.74) is 0. The van der Waals surface area contributed by atoms with Crippen molar-refractivity contribution in [2.45, 2.75) is 6.10 Å². The Labute approximate surface area is 65.3 Å². The van der Waals surface area contributed by atoms with E-state index in [4.69, 9.17) is 10.2 Å². The summed E-state index contributed by atoms with van der Waals surface area (Å²) in [6, 6.07) is 0. The predicted molar refractivity (Wildman–Crippen MR) is 32.7 cm³/mol. The van der Waals surface area contributed by atoms with Crippen molar-refractivity contribution in [3.8, 4) is 0 Å². The van der Waals surface area contributed by atoms with Crippen LogP contribution in [0.25, 0.3) is 0 Å². The van der Waals surface area contributed by atoms with Crippen molar-refractivity contribution in [2.75, 3.05) is 12.4 Å². The molecule has 0 saturated heterocycles. The fourth-order valence-corrected chi connectivity index (χ4v) is 0.173. The molecular formula is C3H8O2SSn. The number of aliphatic hydroxyl groups is 2. The zero-order valence-electron chi connectivity index (χ0n) is 3.83. The molecule has 4 heteroatoms. The quantitative estimate of drug-likeness (QED) is 0.413. The van der Waals surface area contributed by atoms with E-state index in [2.05, 4.69) is 12.6 Å². The Hall–Kier alpha value is 1.07. The van der Waals surface area contributed by atoms with Crippen LogP contribution in [0.2, 0.25) is 0 Å². The van der Waals surface area contributed by atoms with E-state index >= 15 is 0 Å². The third-order valence-electron chi connectivity index (χ3n) is 0.421. The summed E-state index contributed by atoms with van der Waals surface area (Å²) in [7, 11) is 0. The van der Waals surface area contributed by atoms with Gasteiger partial charge in [0.2, 0.25) is 0 Å². The van der Waals surface area contributed by atoms with Gasteiger partial charge in [-0.3, -0.25) is 0 Å². The molecule has 0 aromatic heterocycles. The monoisotopic (exact) mass is 228 g/mol. The molecule has 0 aliphatic carbocycles. The van der Waals surface area contributed by atoms with Crippen LogP contribution in [0.15, 0.2) is 0 Å². The molecule has 4 radical (unpaired) electrons. The molecule has 42 valence electrons. The maximum Gasteiger partial charge on any atom is 0.0858 e. The summed E-state index contributed by atoms with van der Waals surface area (Å²) in [4.78, 5) is 0. The van der Waals surface area contributed by atoms with Crippen LogP contribution < -0.4 is 0 Å². The third-order valence-corrected chi connectivity index (χ3v) is 0.843. The summed E-state index contributed by atoms with van der Waals surface area (Å²) >= 11 is 3.69. The number of aliphatic hydroxyl groups excluding tert-OH is 2. The van der Waals surface area contributed by atoms with E-state index in [1.807, 2.05) is 0 Å². The van der Waals surface area contributed by atoms with Gasteiger partial charge in [0.15, 0.2) is 0 Å². The van der Waals surface area contributed by atoms with Crippen LogP contribution in [-0.2, 0) is 0 Å². The zero-order chi connectivity index (χ0) is 4.99. The molecule has 0 spiro atoms. The van der Waals surface area contributed by atoms with Gasteiger partial charge >= 0.3 is 0 Å². The van der Waals surface area contributed by atoms with E-state index < -0.39 is 6.10 Å². The van der Waals surface area contributed by atoms with Gasteiger partial charge in [0.25, 0.3) is 0 Å². The minimum absolute atomic E-state index is 0. The average molecular weight is 227 g/mol. The van der Waals surface area contributed by atoms with Crippen LogP contribution in [0.5, 0.6) is 0 Å². The van der Waals surface area contributed by atoms with Crippen LogP contribution in [0.3, 0.4) is 0 Å². The Balaban J connectivity index is 0. The van der Waals surface area contributed by atoms with E-state index in [1.54, 1.807) is 0 Å². The van der Waals surface area contributed by atoms with Crippen LogP contribution in [0.4, 0.5) is 0 Å². The van der Waals surface area contributed by atoms with E-state index in [-0.39, 0.29) is 30.5 Å². The van der Waals surface area contributed by atoms with Gasteiger partial charge in [0, 0.05) is 29.7 Å². The molecule has 0 amide bonds. The van der Waals surface area contributed by atoms with Crippen LogP contribution >= 0.6 is 12.6 Å². The molecule has 0 rings (SSSR count). The Bertz CT molecular complexity index is 32.1. The Morgan fingerprint density at radius 3 is 2.00 bits per heavy atom. The van der Waals surface area contributed by atoms with E-state index in [0.29, 0.717) is 5.75 Å². The standard InChI is InChI=1S/C3H8O2S.Sn/c4-1-3(5)2-6;/h3-6H,1-2H2;. The predicted octanol–water partition coefficient (Wildman–Crippen LogP) is -1.11. The summed E-state index contributed by atoms with van der Waals surface area (Å²) < 4.78 is 0. The number of rotatable bonds is 2. The summed E-state index contributed by atoms with van der Waals surface area (Å²) in [6.45, 7) is -0.191. The first-order valence-corrected chi connectivity index (χ1v) is 2.34. The first-order valence-electron chi connectivity index (χ1n) is 1.71. The largest absolute Gasteiger partial charge is 0.394 e. The molecule has 0 saturated carbocycles. The SMILES string of the molecule is OCC(O)CS.[Sn]. The summed E-state index contributed by atoms with van der Waals surface area (Å²) in [6.07, 6.45) is -0.645. The molecule has 0 aromatic rings. The van der Waals surface area contributed by atoms with Gasteiger partial charge in [-0.15, -0.1) is 0 Å². The van der Waals surface area contributed by atoms with E-state index in [0.717, 1.165) is 0 Å². The number of thiol groups is 1. The van der Waals surface area contributed by atoms with Gasteiger partial charge in [-0.25, -0.2) is 0 Å². The van der Waals surface area contributed by atoms with Gasteiger partial charge in [-0.1, -0.05) is 0 Å². The van der Waals surface area contributed by atoms with Crippen molar-refractivity contribution in [1.29, 1.82) is 0 Å². The molecule has 0 aliphatic heterocycles. The van der Waals surface area contributed by atoms with Crippen molar-refractivity contribution in [3.05, 3.63) is 0 Å². The second-order valence-electron chi connectivity index (χ2n) is 1.02. The Morgan fingerprint density at radius 2 is 2.00 bits per heavy atom. The molecule has 0 fully saturated rings. The second kappa shape index (κ2) is 7.07. The molecule has 0 aliphatic rings. The number of hydrogen-bond acceptors (Lipinski definition) is 3. The molecular weight excluding hydrogens is 219 g/mol. The molecule has 7 heavy (non-hydrogen) atoms. The summed E-state index contributed by atoms with van der Waals surface area (Å²) in [5.74, 6) is 0.330. The van der Waals surface area contributed by atoms with Crippen molar-refractivity contribution in [2.24, 2.45) is 0 Å². The zero-order valence-corrected chi connectivity index (χ0v) is 7.58. The fourth-order valence-electron chi connectivity index (χ4n) is 0.0577. The van der Waals surface area contributed by atoms with Crippen molar-refractivity contribution >= 4 is 36.5 Å². The molecule has 0 heterocycles. The van der Waals surface area contributed by atoms with Gasteiger partial charge in [0.1, 0.15) is 0 Å². The maximum absolute atomic E-state index is 8.34. The fraction of sp³-hybridized carbons (Fsp3) is 1.00. The minimum Gasteiger partial charge on any atom is -0.394 e. The van der Waals surface area contributed by atoms with E-state index in [1.165, 1.54) is 0 Å². The van der Waals surface area contributed by atoms with Crippen molar-refractivity contribution in [1.82, 2.24) is 0 Å². The molecule has 1 unspecified atom stereocenters. The molecule has 0 aromatic carbocycles. The first-order chi connectivity index (χ1) is 2.81. The molecule has 2 nitrogen and oxygen atoms in total. The van der Waals surface area contributed by atoms with Crippen molar-refractivity contribution < 1.29 is 10.2 Å². The van der Waals surface area contributed by atoms with Crippen LogP contribution in [0, 0.1) is 0 Å². The van der Waals surface area contributed by atoms with Crippen molar-refractivity contribution in [3.63, 3.8) is 0 Å². The van der Waals surface area contributed by atoms with E-state index in [9.17, 15) is 0 Å². The first kappa shape index (κ1) is 10.9. The summed E-state index contributed by atoms with van der Waals surface area (Å²) in [5, 5.41) is 16.4. The van der Waals surface area contributed by atoms with Crippen LogP contribution in [0.1, 0.15) is 0 Å².